The fourth-order valence-corrected chi connectivity index (χ4v) is 3.08. The van der Waals surface area contributed by atoms with Crippen LogP contribution < -0.4 is 0 Å². The molecule has 0 aromatic heterocycles. The molecule has 2 nitrogen and oxygen atoms in total. The third-order valence-corrected chi connectivity index (χ3v) is 4.30. The van der Waals surface area contributed by atoms with E-state index in [4.69, 9.17) is 4.74 Å². The first kappa shape index (κ1) is 15.6. The maximum atomic E-state index is 11.7. The number of hydrogen-bond acceptors (Lipinski definition) is 2. The molecule has 2 rings (SSSR count). The molecule has 2 heteroatoms. The van der Waals surface area contributed by atoms with Gasteiger partial charge < -0.3 is 4.74 Å². The lowest BCUT2D eigenvalue weighted by Gasteiger charge is -2.28. The van der Waals surface area contributed by atoms with Crippen LogP contribution in [0.15, 0.2) is 49.6 Å². The van der Waals surface area contributed by atoms with Gasteiger partial charge in [-0.05, 0) is 61.6 Å². The fraction of sp³-hybridized carbons (Fsp3) is 0.421. The number of rotatable bonds is 6. The zero-order valence-corrected chi connectivity index (χ0v) is 12.6. The summed E-state index contributed by atoms with van der Waals surface area (Å²) in [6.45, 7) is 7.62. The van der Waals surface area contributed by atoms with Gasteiger partial charge in [-0.1, -0.05) is 30.9 Å². The van der Waals surface area contributed by atoms with Crippen LogP contribution in [0.1, 0.15) is 53.9 Å². The second-order valence-corrected chi connectivity index (χ2v) is 5.75. The molecule has 0 saturated heterocycles. The van der Waals surface area contributed by atoms with E-state index in [1.165, 1.54) is 31.2 Å². The molecule has 0 radical (unpaired) electrons. The Balaban J connectivity index is 1.92. The Morgan fingerprint density at radius 2 is 1.76 bits per heavy atom. The van der Waals surface area contributed by atoms with E-state index in [0.717, 1.165) is 12.3 Å². The van der Waals surface area contributed by atoms with Gasteiger partial charge in [-0.15, -0.1) is 6.58 Å². The summed E-state index contributed by atoms with van der Waals surface area (Å²) < 4.78 is 5.04. The van der Waals surface area contributed by atoms with Gasteiger partial charge in [0, 0.05) is 0 Å². The molecule has 1 aliphatic rings. The molecular weight excluding hydrogens is 260 g/mol. The summed E-state index contributed by atoms with van der Waals surface area (Å²) in [4.78, 5) is 11.7. The van der Waals surface area contributed by atoms with Crippen LogP contribution in [0.4, 0.5) is 0 Å². The number of esters is 1. The van der Waals surface area contributed by atoms with Crippen molar-refractivity contribution in [3.05, 3.63) is 60.7 Å². The molecule has 0 spiro atoms. The SMILES string of the molecule is C=CCOC(=O)c1ccc(C2CCC(CC=C)CC2)cc1. The van der Waals surface area contributed by atoms with E-state index < -0.39 is 0 Å². The number of carbonyl (C=O) groups excluding carboxylic acids is 1. The highest BCUT2D eigenvalue weighted by molar-refractivity contribution is 5.89. The molecule has 21 heavy (non-hydrogen) atoms. The highest BCUT2D eigenvalue weighted by atomic mass is 16.5. The van der Waals surface area contributed by atoms with Crippen LogP contribution in [0.5, 0.6) is 0 Å². The van der Waals surface area contributed by atoms with Crippen LogP contribution in [0.2, 0.25) is 0 Å². The lowest BCUT2D eigenvalue weighted by molar-refractivity contribution is 0.0549. The summed E-state index contributed by atoms with van der Waals surface area (Å²) in [6, 6.07) is 7.89. The van der Waals surface area contributed by atoms with E-state index in [9.17, 15) is 4.79 Å². The maximum Gasteiger partial charge on any atom is 0.338 e. The van der Waals surface area contributed by atoms with E-state index in [1.807, 2.05) is 18.2 Å². The fourth-order valence-electron chi connectivity index (χ4n) is 3.08. The van der Waals surface area contributed by atoms with E-state index in [0.29, 0.717) is 11.5 Å². The normalized spacial score (nSPS) is 21.5. The first-order chi connectivity index (χ1) is 10.2. The van der Waals surface area contributed by atoms with E-state index in [1.54, 1.807) is 6.08 Å². The van der Waals surface area contributed by atoms with E-state index in [-0.39, 0.29) is 12.6 Å². The summed E-state index contributed by atoms with van der Waals surface area (Å²) in [7, 11) is 0. The number of ether oxygens (including phenoxy) is 1. The van der Waals surface area contributed by atoms with Gasteiger partial charge in [0.05, 0.1) is 5.56 Å². The molecule has 1 aromatic rings. The molecular formula is C19H24O2. The minimum absolute atomic E-state index is 0.258. The highest BCUT2D eigenvalue weighted by Gasteiger charge is 2.21. The van der Waals surface area contributed by atoms with Crippen molar-refractivity contribution in [3.63, 3.8) is 0 Å². The molecule has 112 valence electrons. The van der Waals surface area contributed by atoms with Crippen molar-refractivity contribution in [2.75, 3.05) is 6.61 Å². The van der Waals surface area contributed by atoms with Crippen molar-refractivity contribution >= 4 is 5.97 Å². The van der Waals surface area contributed by atoms with Crippen LogP contribution in [0.25, 0.3) is 0 Å². The number of benzene rings is 1. The van der Waals surface area contributed by atoms with Gasteiger partial charge in [0.15, 0.2) is 0 Å². The molecule has 1 fully saturated rings. The van der Waals surface area contributed by atoms with Crippen LogP contribution in [-0.4, -0.2) is 12.6 Å². The second kappa shape index (κ2) is 7.82. The Morgan fingerprint density at radius 3 is 2.33 bits per heavy atom. The predicted octanol–water partition coefficient (Wildman–Crippen LogP) is 4.88. The molecule has 0 amide bonds. The monoisotopic (exact) mass is 284 g/mol. The van der Waals surface area contributed by atoms with Crippen molar-refractivity contribution in [2.45, 2.75) is 38.0 Å². The van der Waals surface area contributed by atoms with Gasteiger partial charge in [0.2, 0.25) is 0 Å². The molecule has 0 unspecified atom stereocenters. The van der Waals surface area contributed by atoms with Gasteiger partial charge in [0.25, 0.3) is 0 Å². The average Bonchev–Trinajstić information content (AvgIpc) is 2.54. The van der Waals surface area contributed by atoms with E-state index >= 15 is 0 Å². The van der Waals surface area contributed by atoms with Gasteiger partial charge in [0.1, 0.15) is 6.61 Å². The van der Waals surface area contributed by atoms with Crippen molar-refractivity contribution in [1.29, 1.82) is 0 Å². The molecule has 1 aromatic carbocycles. The van der Waals surface area contributed by atoms with Gasteiger partial charge in [-0.3, -0.25) is 0 Å². The van der Waals surface area contributed by atoms with Gasteiger partial charge >= 0.3 is 5.97 Å². The maximum absolute atomic E-state index is 11.7. The molecule has 0 heterocycles. The molecule has 0 atom stereocenters. The van der Waals surface area contributed by atoms with Crippen LogP contribution >= 0.6 is 0 Å². The Bertz CT molecular complexity index is 479. The van der Waals surface area contributed by atoms with E-state index in [2.05, 4.69) is 25.3 Å². The topological polar surface area (TPSA) is 26.3 Å². The highest BCUT2D eigenvalue weighted by Crippen LogP contribution is 2.37. The quantitative estimate of drug-likeness (QED) is 0.549. The van der Waals surface area contributed by atoms with Crippen molar-refractivity contribution in [1.82, 2.24) is 0 Å². The minimum atomic E-state index is -0.281. The smallest absolute Gasteiger partial charge is 0.338 e. The van der Waals surface area contributed by atoms with Gasteiger partial charge in [-0.2, -0.15) is 0 Å². The van der Waals surface area contributed by atoms with Crippen molar-refractivity contribution in [2.24, 2.45) is 5.92 Å². The first-order valence-electron chi connectivity index (χ1n) is 7.73. The average molecular weight is 284 g/mol. The summed E-state index contributed by atoms with van der Waals surface area (Å²) in [5, 5.41) is 0. The second-order valence-electron chi connectivity index (χ2n) is 5.75. The first-order valence-corrected chi connectivity index (χ1v) is 7.73. The molecule has 0 N–H and O–H groups in total. The van der Waals surface area contributed by atoms with Gasteiger partial charge in [-0.25, -0.2) is 4.79 Å². The van der Waals surface area contributed by atoms with Crippen LogP contribution in [-0.2, 0) is 4.74 Å². The summed E-state index contributed by atoms with van der Waals surface area (Å²) in [5.41, 5.74) is 1.95. The largest absolute Gasteiger partial charge is 0.458 e. The number of hydrogen-bond donors (Lipinski definition) is 0. The molecule has 1 aliphatic carbocycles. The third-order valence-electron chi connectivity index (χ3n) is 4.30. The Hall–Kier alpha value is -1.83. The molecule has 1 saturated carbocycles. The Labute approximate surface area is 127 Å². The minimum Gasteiger partial charge on any atom is -0.458 e. The van der Waals surface area contributed by atoms with Crippen molar-refractivity contribution in [3.8, 4) is 0 Å². The van der Waals surface area contributed by atoms with Crippen LogP contribution in [0, 0.1) is 5.92 Å². The third kappa shape index (κ3) is 4.32. The summed E-state index contributed by atoms with van der Waals surface area (Å²) in [6.07, 6.45) is 9.78. The standard InChI is InChI=1S/C19H24O2/c1-3-5-15-6-8-16(9-7-15)17-10-12-18(13-11-17)19(20)21-14-4-2/h3-4,10-13,15-16H,1-2,5-9,14H2. The number of allylic oxidation sites excluding steroid dienone is 1. The Morgan fingerprint density at radius 1 is 1.10 bits per heavy atom. The van der Waals surface area contributed by atoms with Crippen molar-refractivity contribution < 1.29 is 9.53 Å². The lowest BCUT2D eigenvalue weighted by Crippen LogP contribution is -2.13. The predicted molar refractivity (Wildman–Crippen MR) is 86.4 cm³/mol. The lowest BCUT2D eigenvalue weighted by atomic mass is 9.77. The summed E-state index contributed by atoms with van der Waals surface area (Å²) in [5.74, 6) is 1.16. The Kier molecular flexibility index (Phi) is 5.79. The molecule has 0 aliphatic heterocycles. The molecule has 0 bridgehead atoms. The zero-order valence-electron chi connectivity index (χ0n) is 12.6. The zero-order chi connectivity index (χ0) is 15.1. The number of carbonyl (C=O) groups is 1. The summed E-state index contributed by atoms with van der Waals surface area (Å²) >= 11 is 0. The van der Waals surface area contributed by atoms with Crippen LogP contribution in [0.3, 0.4) is 0 Å².